The van der Waals surface area contributed by atoms with Crippen molar-refractivity contribution in [3.05, 3.63) is 24.2 Å². The number of halogens is 3. The van der Waals surface area contributed by atoms with Crippen LogP contribution in [0.15, 0.2) is 18.5 Å². The molecule has 0 amide bonds. The van der Waals surface area contributed by atoms with Crippen LogP contribution >= 0.6 is 0 Å². The Balaban J connectivity index is 2.46. The average molecular weight is 217 g/mol. The van der Waals surface area contributed by atoms with Gasteiger partial charge < -0.3 is 4.74 Å². The Morgan fingerprint density at radius 1 is 1.40 bits per heavy atom. The SMILES string of the molecule is Cc1nn2ccnc2cc1OC(F)(F)F. The number of rotatable bonds is 1. The van der Waals surface area contributed by atoms with Crippen LogP contribution in [0.4, 0.5) is 13.2 Å². The van der Waals surface area contributed by atoms with Crippen molar-refractivity contribution in [1.29, 1.82) is 0 Å². The van der Waals surface area contributed by atoms with Gasteiger partial charge in [-0.25, -0.2) is 9.50 Å². The van der Waals surface area contributed by atoms with E-state index in [1.54, 1.807) is 6.20 Å². The van der Waals surface area contributed by atoms with Gasteiger partial charge in [-0.3, -0.25) is 0 Å². The van der Waals surface area contributed by atoms with Crippen LogP contribution in [0.3, 0.4) is 0 Å². The molecule has 0 bridgehead atoms. The van der Waals surface area contributed by atoms with Gasteiger partial charge in [0.25, 0.3) is 0 Å². The zero-order valence-corrected chi connectivity index (χ0v) is 7.62. The van der Waals surface area contributed by atoms with E-state index in [0.29, 0.717) is 5.65 Å². The molecule has 0 aliphatic rings. The Morgan fingerprint density at radius 2 is 2.13 bits per heavy atom. The van der Waals surface area contributed by atoms with Gasteiger partial charge in [0.2, 0.25) is 0 Å². The van der Waals surface area contributed by atoms with Crippen LogP contribution in [-0.2, 0) is 0 Å². The third kappa shape index (κ3) is 2.00. The maximum atomic E-state index is 12.0. The van der Waals surface area contributed by atoms with Gasteiger partial charge in [0.1, 0.15) is 5.69 Å². The minimum atomic E-state index is -4.71. The van der Waals surface area contributed by atoms with Crippen molar-refractivity contribution in [3.63, 3.8) is 0 Å². The summed E-state index contributed by atoms with van der Waals surface area (Å²) in [6.07, 6.45) is -1.73. The molecule has 0 aliphatic carbocycles. The van der Waals surface area contributed by atoms with Gasteiger partial charge in [-0.15, -0.1) is 13.2 Å². The van der Waals surface area contributed by atoms with E-state index >= 15 is 0 Å². The highest BCUT2D eigenvalue weighted by molar-refractivity contribution is 5.44. The monoisotopic (exact) mass is 217 g/mol. The maximum Gasteiger partial charge on any atom is 0.573 e. The fourth-order valence-electron chi connectivity index (χ4n) is 1.16. The fourth-order valence-corrected chi connectivity index (χ4v) is 1.16. The summed E-state index contributed by atoms with van der Waals surface area (Å²) in [6, 6.07) is 1.19. The first-order valence-corrected chi connectivity index (χ1v) is 4.02. The van der Waals surface area contributed by atoms with Gasteiger partial charge in [0.05, 0.1) is 0 Å². The lowest BCUT2D eigenvalue weighted by molar-refractivity contribution is -0.275. The second-order valence-corrected chi connectivity index (χ2v) is 2.87. The fraction of sp³-hybridized carbons (Fsp3) is 0.250. The molecule has 2 rings (SSSR count). The van der Waals surface area contributed by atoms with Crippen molar-refractivity contribution in [2.75, 3.05) is 0 Å². The van der Waals surface area contributed by atoms with Crippen LogP contribution in [-0.4, -0.2) is 21.0 Å². The number of ether oxygens (including phenoxy) is 1. The third-order valence-electron chi connectivity index (χ3n) is 1.75. The number of nitrogens with zero attached hydrogens (tertiary/aromatic N) is 3. The lowest BCUT2D eigenvalue weighted by atomic mass is 10.4. The summed E-state index contributed by atoms with van der Waals surface area (Å²) >= 11 is 0. The highest BCUT2D eigenvalue weighted by atomic mass is 19.4. The first kappa shape index (κ1) is 9.75. The zero-order chi connectivity index (χ0) is 11.1. The quantitative estimate of drug-likeness (QED) is 0.732. The number of hydrogen-bond acceptors (Lipinski definition) is 3. The summed E-state index contributed by atoms with van der Waals surface area (Å²) < 4.78 is 41.1. The van der Waals surface area contributed by atoms with Gasteiger partial charge in [-0.2, -0.15) is 5.10 Å². The van der Waals surface area contributed by atoms with E-state index in [2.05, 4.69) is 14.8 Å². The number of imidazole rings is 1. The van der Waals surface area contributed by atoms with E-state index in [9.17, 15) is 13.2 Å². The van der Waals surface area contributed by atoms with E-state index in [-0.39, 0.29) is 11.4 Å². The molecular weight excluding hydrogens is 211 g/mol. The van der Waals surface area contributed by atoms with E-state index in [1.165, 1.54) is 23.7 Å². The second kappa shape index (κ2) is 3.11. The zero-order valence-electron chi connectivity index (χ0n) is 7.62. The summed E-state index contributed by atoms with van der Waals surface area (Å²) in [4.78, 5) is 3.80. The number of aryl methyl sites for hydroxylation is 1. The van der Waals surface area contributed by atoms with E-state index in [1.807, 2.05) is 0 Å². The molecule has 0 N–H and O–H groups in total. The standard InChI is InChI=1S/C8H6F3N3O/c1-5-6(15-8(9,10)11)4-7-12-2-3-14(7)13-5/h2-4H,1H3. The largest absolute Gasteiger partial charge is 0.573 e. The van der Waals surface area contributed by atoms with Crippen molar-refractivity contribution in [2.24, 2.45) is 0 Å². The molecule has 0 fully saturated rings. The van der Waals surface area contributed by atoms with Gasteiger partial charge in [0, 0.05) is 18.5 Å². The summed E-state index contributed by atoms with van der Waals surface area (Å²) in [5.41, 5.74) is 0.456. The number of alkyl halides is 3. The van der Waals surface area contributed by atoms with E-state index < -0.39 is 6.36 Å². The smallest absolute Gasteiger partial charge is 0.404 e. The summed E-state index contributed by atoms with van der Waals surface area (Å²) in [5.74, 6) is -0.332. The molecule has 2 heterocycles. The normalized spacial score (nSPS) is 12.0. The highest BCUT2D eigenvalue weighted by Crippen LogP contribution is 2.25. The molecule has 2 aromatic rings. The molecule has 0 radical (unpaired) electrons. The predicted octanol–water partition coefficient (Wildman–Crippen LogP) is 1.94. The molecule has 0 saturated carbocycles. The topological polar surface area (TPSA) is 39.4 Å². The number of fused-ring (bicyclic) bond motifs is 1. The van der Waals surface area contributed by atoms with Gasteiger partial charge in [0.15, 0.2) is 11.4 Å². The maximum absolute atomic E-state index is 12.0. The van der Waals surface area contributed by atoms with Crippen LogP contribution in [0, 0.1) is 6.92 Å². The first-order chi connectivity index (χ1) is 6.96. The molecule has 0 aromatic carbocycles. The van der Waals surface area contributed by atoms with Crippen molar-refractivity contribution >= 4 is 5.65 Å². The Bertz CT molecular complexity index is 491. The molecule has 15 heavy (non-hydrogen) atoms. The molecular formula is C8H6F3N3O. The lowest BCUT2D eigenvalue weighted by Crippen LogP contribution is -2.18. The van der Waals surface area contributed by atoms with Crippen LogP contribution in [0.25, 0.3) is 5.65 Å². The molecule has 0 spiro atoms. The Labute approximate surface area is 82.3 Å². The average Bonchev–Trinajstić information content (AvgIpc) is 2.49. The Hall–Kier alpha value is -1.79. The van der Waals surface area contributed by atoms with Crippen molar-refractivity contribution in [2.45, 2.75) is 13.3 Å². The van der Waals surface area contributed by atoms with Crippen molar-refractivity contribution < 1.29 is 17.9 Å². The van der Waals surface area contributed by atoms with Crippen molar-refractivity contribution in [1.82, 2.24) is 14.6 Å². The Morgan fingerprint density at radius 3 is 2.80 bits per heavy atom. The first-order valence-electron chi connectivity index (χ1n) is 4.02. The van der Waals surface area contributed by atoms with Crippen molar-refractivity contribution in [3.8, 4) is 5.75 Å². The summed E-state index contributed by atoms with van der Waals surface area (Å²) in [6.45, 7) is 1.43. The van der Waals surface area contributed by atoms with Gasteiger partial charge in [-0.1, -0.05) is 0 Å². The Kier molecular flexibility index (Phi) is 2.02. The highest BCUT2D eigenvalue weighted by Gasteiger charge is 2.32. The van der Waals surface area contributed by atoms with Gasteiger partial charge >= 0.3 is 6.36 Å². The molecule has 80 valence electrons. The molecule has 0 aliphatic heterocycles. The second-order valence-electron chi connectivity index (χ2n) is 2.87. The minimum Gasteiger partial charge on any atom is -0.404 e. The third-order valence-corrected chi connectivity index (χ3v) is 1.75. The minimum absolute atomic E-state index is 0.151. The molecule has 0 unspecified atom stereocenters. The van der Waals surface area contributed by atoms with Gasteiger partial charge in [-0.05, 0) is 6.92 Å². The lowest BCUT2D eigenvalue weighted by Gasteiger charge is -2.10. The van der Waals surface area contributed by atoms with Crippen LogP contribution < -0.4 is 4.74 Å². The van der Waals surface area contributed by atoms with E-state index in [0.717, 1.165) is 0 Å². The molecule has 0 atom stereocenters. The molecule has 2 aromatic heterocycles. The summed E-state index contributed by atoms with van der Waals surface area (Å²) in [5, 5.41) is 3.85. The predicted molar refractivity (Wildman–Crippen MR) is 44.4 cm³/mol. The molecule has 7 heteroatoms. The molecule has 0 saturated heterocycles. The van der Waals surface area contributed by atoms with Crippen LogP contribution in [0.5, 0.6) is 5.75 Å². The number of aromatic nitrogens is 3. The van der Waals surface area contributed by atoms with E-state index in [4.69, 9.17) is 0 Å². The number of hydrogen-bond donors (Lipinski definition) is 0. The summed E-state index contributed by atoms with van der Waals surface area (Å²) in [7, 11) is 0. The van der Waals surface area contributed by atoms with Crippen LogP contribution in [0.1, 0.15) is 5.69 Å². The molecule has 4 nitrogen and oxygen atoms in total. The van der Waals surface area contributed by atoms with Crippen LogP contribution in [0.2, 0.25) is 0 Å².